The molecule has 0 saturated heterocycles. The normalized spacial score (nSPS) is 10.7. The van der Waals surface area contributed by atoms with Crippen molar-refractivity contribution in [2.24, 2.45) is 7.05 Å². The first-order chi connectivity index (χ1) is 12.9. The Labute approximate surface area is 157 Å². The van der Waals surface area contributed by atoms with Crippen molar-refractivity contribution in [2.75, 3.05) is 19.5 Å². The Morgan fingerprint density at radius 2 is 1.89 bits per heavy atom. The molecule has 1 N–H and O–H groups in total. The summed E-state index contributed by atoms with van der Waals surface area (Å²) in [5.41, 5.74) is 3.13. The van der Waals surface area contributed by atoms with Crippen molar-refractivity contribution in [1.82, 2.24) is 19.6 Å². The average Bonchev–Trinajstić information content (AvgIpc) is 3.16. The first-order valence-corrected chi connectivity index (χ1v) is 8.48. The first kappa shape index (κ1) is 18.5. The van der Waals surface area contributed by atoms with E-state index in [1.807, 2.05) is 38.1 Å². The number of methoxy groups -OCH3 is 2. The van der Waals surface area contributed by atoms with E-state index in [2.05, 4.69) is 15.5 Å². The molecule has 0 radical (unpaired) electrons. The fourth-order valence-corrected chi connectivity index (χ4v) is 2.82. The molecule has 142 valence electrons. The molecular formula is C19H23N5O3. The molecule has 0 aliphatic rings. The number of nitrogens with one attached hydrogen (secondary N) is 1. The van der Waals surface area contributed by atoms with Crippen molar-refractivity contribution in [3.63, 3.8) is 0 Å². The van der Waals surface area contributed by atoms with Gasteiger partial charge in [-0.05, 0) is 31.5 Å². The quantitative estimate of drug-likeness (QED) is 0.722. The van der Waals surface area contributed by atoms with Gasteiger partial charge in [0, 0.05) is 18.8 Å². The van der Waals surface area contributed by atoms with Crippen molar-refractivity contribution in [1.29, 1.82) is 0 Å². The second-order valence-electron chi connectivity index (χ2n) is 6.24. The summed E-state index contributed by atoms with van der Waals surface area (Å²) in [6.45, 7) is 4.22. The predicted molar refractivity (Wildman–Crippen MR) is 102 cm³/mol. The van der Waals surface area contributed by atoms with Gasteiger partial charge in [-0.2, -0.15) is 10.2 Å². The van der Waals surface area contributed by atoms with Gasteiger partial charge in [0.2, 0.25) is 0 Å². The minimum absolute atomic E-state index is 0.214. The van der Waals surface area contributed by atoms with Crippen molar-refractivity contribution in [3.05, 3.63) is 53.0 Å². The van der Waals surface area contributed by atoms with E-state index in [1.165, 1.54) is 0 Å². The second-order valence-corrected chi connectivity index (χ2v) is 6.24. The van der Waals surface area contributed by atoms with Crippen LogP contribution in [0.1, 0.15) is 27.3 Å². The maximum atomic E-state index is 12.6. The summed E-state index contributed by atoms with van der Waals surface area (Å²) in [7, 11) is 5.00. The zero-order chi connectivity index (χ0) is 19.6. The van der Waals surface area contributed by atoms with Crippen LogP contribution in [0.15, 0.2) is 30.5 Å². The van der Waals surface area contributed by atoms with E-state index in [4.69, 9.17) is 9.47 Å². The molecule has 8 nitrogen and oxygen atoms in total. The Morgan fingerprint density at radius 3 is 2.52 bits per heavy atom. The van der Waals surface area contributed by atoms with E-state index < -0.39 is 0 Å². The summed E-state index contributed by atoms with van der Waals surface area (Å²) in [6, 6.07) is 7.52. The fraction of sp³-hybridized carbons (Fsp3) is 0.316. The number of carbonyl (C=O) groups is 1. The summed E-state index contributed by atoms with van der Waals surface area (Å²) in [5, 5.41) is 11.5. The average molecular weight is 369 g/mol. The van der Waals surface area contributed by atoms with Crippen LogP contribution in [0.4, 0.5) is 5.82 Å². The molecule has 27 heavy (non-hydrogen) atoms. The highest BCUT2D eigenvalue weighted by Crippen LogP contribution is 2.28. The molecule has 1 amide bonds. The summed E-state index contributed by atoms with van der Waals surface area (Å²) in [5.74, 6) is 1.72. The number of anilines is 1. The molecule has 0 bridgehead atoms. The number of ether oxygens (including phenoxy) is 2. The maximum absolute atomic E-state index is 12.6. The van der Waals surface area contributed by atoms with Gasteiger partial charge in [-0.15, -0.1) is 0 Å². The number of hydrogen-bond acceptors (Lipinski definition) is 5. The molecule has 3 aromatic rings. The predicted octanol–water partition coefficient (Wildman–Crippen LogP) is 2.55. The van der Waals surface area contributed by atoms with Gasteiger partial charge in [0.15, 0.2) is 11.5 Å². The Hall–Kier alpha value is -3.29. The SMILES string of the molecule is COc1ccc(Cn2nc(C)cc2NC(=O)c2cnn(C)c2C)cc1OC. The Kier molecular flexibility index (Phi) is 5.16. The van der Waals surface area contributed by atoms with Gasteiger partial charge in [0.1, 0.15) is 5.82 Å². The number of carbonyl (C=O) groups excluding carboxylic acids is 1. The molecule has 1 aromatic carbocycles. The van der Waals surface area contributed by atoms with Gasteiger partial charge < -0.3 is 14.8 Å². The summed E-state index contributed by atoms with van der Waals surface area (Å²) in [6.07, 6.45) is 1.56. The molecule has 0 aliphatic heterocycles. The molecular weight excluding hydrogens is 346 g/mol. The third kappa shape index (κ3) is 3.79. The van der Waals surface area contributed by atoms with E-state index in [-0.39, 0.29) is 5.91 Å². The molecule has 8 heteroatoms. The van der Waals surface area contributed by atoms with Crippen LogP contribution < -0.4 is 14.8 Å². The lowest BCUT2D eigenvalue weighted by Gasteiger charge is -2.12. The van der Waals surface area contributed by atoms with E-state index in [0.717, 1.165) is 17.0 Å². The Morgan fingerprint density at radius 1 is 1.15 bits per heavy atom. The minimum atomic E-state index is -0.214. The van der Waals surface area contributed by atoms with Crippen molar-refractivity contribution < 1.29 is 14.3 Å². The van der Waals surface area contributed by atoms with Crippen LogP contribution in [-0.4, -0.2) is 39.7 Å². The third-order valence-corrected chi connectivity index (χ3v) is 4.40. The summed E-state index contributed by atoms with van der Waals surface area (Å²) in [4.78, 5) is 12.6. The number of hydrogen-bond donors (Lipinski definition) is 1. The van der Waals surface area contributed by atoms with E-state index >= 15 is 0 Å². The van der Waals surface area contributed by atoms with Gasteiger partial charge in [0.05, 0.1) is 38.2 Å². The van der Waals surface area contributed by atoms with Gasteiger partial charge >= 0.3 is 0 Å². The Balaban J connectivity index is 1.84. The zero-order valence-electron chi connectivity index (χ0n) is 16.1. The maximum Gasteiger partial charge on any atom is 0.260 e. The largest absolute Gasteiger partial charge is 0.493 e. The van der Waals surface area contributed by atoms with Crippen molar-refractivity contribution in [2.45, 2.75) is 20.4 Å². The van der Waals surface area contributed by atoms with Gasteiger partial charge in [-0.1, -0.05) is 6.07 Å². The highest BCUT2D eigenvalue weighted by molar-refractivity contribution is 6.04. The summed E-state index contributed by atoms with van der Waals surface area (Å²) >= 11 is 0. The molecule has 0 fully saturated rings. The molecule has 0 spiro atoms. The molecule has 3 rings (SSSR count). The first-order valence-electron chi connectivity index (χ1n) is 8.48. The van der Waals surface area contributed by atoms with Crippen molar-refractivity contribution in [3.8, 4) is 11.5 Å². The highest BCUT2D eigenvalue weighted by atomic mass is 16.5. The monoisotopic (exact) mass is 369 g/mol. The molecule has 2 aromatic heterocycles. The van der Waals surface area contributed by atoms with Crippen LogP contribution in [-0.2, 0) is 13.6 Å². The van der Waals surface area contributed by atoms with Gasteiger partial charge in [-0.3, -0.25) is 9.48 Å². The molecule has 2 heterocycles. The van der Waals surface area contributed by atoms with Gasteiger partial charge in [0.25, 0.3) is 5.91 Å². The van der Waals surface area contributed by atoms with Crippen LogP contribution in [0.2, 0.25) is 0 Å². The van der Waals surface area contributed by atoms with Crippen molar-refractivity contribution >= 4 is 11.7 Å². The molecule has 0 saturated carbocycles. The van der Waals surface area contributed by atoms with E-state index in [0.29, 0.717) is 29.4 Å². The lowest BCUT2D eigenvalue weighted by atomic mass is 10.2. The molecule has 0 unspecified atom stereocenters. The van der Waals surface area contributed by atoms with E-state index in [9.17, 15) is 4.79 Å². The van der Waals surface area contributed by atoms with Crippen LogP contribution in [0.5, 0.6) is 11.5 Å². The zero-order valence-corrected chi connectivity index (χ0v) is 16.1. The fourth-order valence-electron chi connectivity index (χ4n) is 2.82. The lowest BCUT2D eigenvalue weighted by Crippen LogP contribution is -2.17. The Bertz CT molecular complexity index is 974. The molecule has 0 aliphatic carbocycles. The van der Waals surface area contributed by atoms with Crippen LogP contribution in [0.3, 0.4) is 0 Å². The number of aryl methyl sites for hydroxylation is 2. The minimum Gasteiger partial charge on any atom is -0.493 e. The van der Waals surface area contributed by atoms with E-state index in [1.54, 1.807) is 36.8 Å². The lowest BCUT2D eigenvalue weighted by molar-refractivity contribution is 0.102. The second kappa shape index (κ2) is 7.53. The standard InChI is InChI=1S/C19H23N5O3/c1-12-8-18(21-19(25)15-10-20-23(3)13(15)2)24(22-12)11-14-6-7-16(26-4)17(9-14)27-5/h6-10H,11H2,1-5H3,(H,21,25). The number of amides is 1. The number of benzene rings is 1. The smallest absolute Gasteiger partial charge is 0.260 e. The van der Waals surface area contributed by atoms with Crippen LogP contribution in [0.25, 0.3) is 0 Å². The third-order valence-electron chi connectivity index (χ3n) is 4.40. The topological polar surface area (TPSA) is 83.2 Å². The number of nitrogens with zero attached hydrogens (tertiary/aromatic N) is 4. The van der Waals surface area contributed by atoms with Crippen LogP contribution >= 0.6 is 0 Å². The number of aromatic nitrogens is 4. The summed E-state index contributed by atoms with van der Waals surface area (Å²) < 4.78 is 14.0. The number of rotatable bonds is 6. The molecule has 0 atom stereocenters. The van der Waals surface area contributed by atoms with Gasteiger partial charge in [-0.25, -0.2) is 4.68 Å². The highest BCUT2D eigenvalue weighted by Gasteiger charge is 2.16. The van der Waals surface area contributed by atoms with Crippen LogP contribution in [0, 0.1) is 13.8 Å².